The lowest BCUT2D eigenvalue weighted by Gasteiger charge is -2.47. The van der Waals surface area contributed by atoms with Gasteiger partial charge >= 0.3 is 0 Å². The first-order chi connectivity index (χ1) is 6.70. The zero-order chi connectivity index (χ0) is 11.7. The average Bonchev–Trinajstić information content (AvgIpc) is 1.94. The number of hydrogen-bond acceptors (Lipinski definition) is 3. The van der Waals surface area contributed by atoms with Crippen LogP contribution in [0, 0.1) is 0 Å². The summed E-state index contributed by atoms with van der Waals surface area (Å²) in [5, 5.41) is 0. The van der Waals surface area contributed by atoms with Crippen molar-refractivity contribution >= 4 is 0 Å². The van der Waals surface area contributed by atoms with Crippen LogP contribution in [0.4, 0.5) is 0 Å². The van der Waals surface area contributed by atoms with Crippen LogP contribution in [0.5, 0.6) is 0 Å². The summed E-state index contributed by atoms with van der Waals surface area (Å²) < 4.78 is 6.03. The Morgan fingerprint density at radius 2 is 1.67 bits per heavy atom. The Balaban J connectivity index is 2.52. The number of nitrogens with two attached hydrogens (primary N) is 1. The van der Waals surface area contributed by atoms with E-state index in [2.05, 4.69) is 39.5 Å². The molecular formula is C12H26N2O. The molecule has 0 radical (unpaired) electrons. The van der Waals surface area contributed by atoms with Crippen molar-refractivity contribution in [2.24, 2.45) is 5.73 Å². The third-order valence-corrected chi connectivity index (χ3v) is 2.66. The summed E-state index contributed by atoms with van der Waals surface area (Å²) >= 11 is 0. The quantitative estimate of drug-likeness (QED) is 0.776. The molecule has 1 aliphatic heterocycles. The van der Waals surface area contributed by atoms with Gasteiger partial charge in [0, 0.05) is 19.1 Å². The summed E-state index contributed by atoms with van der Waals surface area (Å²) in [6.07, 6.45) is 1.06. The molecule has 0 aliphatic carbocycles. The second-order valence-electron chi connectivity index (χ2n) is 6.10. The SMILES string of the molecule is CC(N)CCN1CC(C)(C)OC(C)(C)C1. The van der Waals surface area contributed by atoms with Gasteiger partial charge in [-0.2, -0.15) is 0 Å². The van der Waals surface area contributed by atoms with Crippen molar-refractivity contribution in [2.75, 3.05) is 19.6 Å². The zero-order valence-corrected chi connectivity index (χ0v) is 10.8. The lowest BCUT2D eigenvalue weighted by atomic mass is 9.98. The van der Waals surface area contributed by atoms with Crippen LogP contribution in [0.15, 0.2) is 0 Å². The minimum absolute atomic E-state index is 0.0421. The van der Waals surface area contributed by atoms with Gasteiger partial charge in [-0.15, -0.1) is 0 Å². The van der Waals surface area contributed by atoms with Crippen LogP contribution in [0.2, 0.25) is 0 Å². The first-order valence-corrected chi connectivity index (χ1v) is 5.88. The van der Waals surface area contributed by atoms with Gasteiger partial charge in [-0.25, -0.2) is 0 Å². The van der Waals surface area contributed by atoms with Gasteiger partial charge in [0.1, 0.15) is 0 Å². The van der Waals surface area contributed by atoms with Gasteiger partial charge in [0.15, 0.2) is 0 Å². The highest BCUT2D eigenvalue weighted by Crippen LogP contribution is 2.27. The van der Waals surface area contributed by atoms with Crippen molar-refractivity contribution in [2.45, 2.75) is 58.3 Å². The molecule has 1 saturated heterocycles. The van der Waals surface area contributed by atoms with Crippen molar-refractivity contribution in [3.8, 4) is 0 Å². The van der Waals surface area contributed by atoms with E-state index in [9.17, 15) is 0 Å². The number of morpholine rings is 1. The third kappa shape index (κ3) is 4.49. The van der Waals surface area contributed by atoms with E-state index < -0.39 is 0 Å². The van der Waals surface area contributed by atoms with Gasteiger partial charge in [0.2, 0.25) is 0 Å². The maximum Gasteiger partial charge on any atom is 0.0760 e. The monoisotopic (exact) mass is 214 g/mol. The average molecular weight is 214 g/mol. The smallest absolute Gasteiger partial charge is 0.0760 e. The van der Waals surface area contributed by atoms with Crippen molar-refractivity contribution in [3.05, 3.63) is 0 Å². The molecule has 0 aromatic carbocycles. The van der Waals surface area contributed by atoms with Crippen LogP contribution in [0.1, 0.15) is 41.0 Å². The third-order valence-electron chi connectivity index (χ3n) is 2.66. The molecule has 2 N–H and O–H groups in total. The molecule has 1 aliphatic rings. The Bertz CT molecular complexity index is 196. The molecule has 0 amide bonds. The fourth-order valence-corrected chi connectivity index (χ4v) is 2.49. The summed E-state index contributed by atoms with van der Waals surface area (Å²) in [6, 6.07) is 0.291. The van der Waals surface area contributed by atoms with Gasteiger partial charge in [-0.05, 0) is 47.6 Å². The van der Waals surface area contributed by atoms with E-state index in [1.54, 1.807) is 0 Å². The zero-order valence-electron chi connectivity index (χ0n) is 10.8. The van der Waals surface area contributed by atoms with Crippen LogP contribution < -0.4 is 5.73 Å². The van der Waals surface area contributed by atoms with Crippen LogP contribution in [0.3, 0.4) is 0 Å². The fourth-order valence-electron chi connectivity index (χ4n) is 2.49. The van der Waals surface area contributed by atoms with E-state index in [0.717, 1.165) is 26.1 Å². The van der Waals surface area contributed by atoms with Crippen molar-refractivity contribution < 1.29 is 4.74 Å². The molecule has 90 valence electrons. The largest absolute Gasteiger partial charge is 0.367 e. The molecule has 0 aromatic heterocycles. The summed E-state index contributed by atoms with van der Waals surface area (Å²) in [5.74, 6) is 0. The first kappa shape index (κ1) is 12.9. The highest BCUT2D eigenvalue weighted by molar-refractivity contribution is 4.89. The van der Waals surface area contributed by atoms with E-state index in [-0.39, 0.29) is 11.2 Å². The molecule has 0 spiro atoms. The number of hydrogen-bond donors (Lipinski definition) is 1. The topological polar surface area (TPSA) is 38.5 Å². The van der Waals surface area contributed by atoms with Gasteiger partial charge in [-0.1, -0.05) is 0 Å². The standard InChI is InChI=1S/C12H26N2O/c1-10(13)6-7-14-8-11(2,3)15-12(4,5)9-14/h10H,6-9,13H2,1-5H3. The predicted molar refractivity (Wildman–Crippen MR) is 63.9 cm³/mol. The van der Waals surface area contributed by atoms with Gasteiger partial charge in [0.25, 0.3) is 0 Å². The van der Waals surface area contributed by atoms with Crippen LogP contribution in [0.25, 0.3) is 0 Å². The molecule has 1 fully saturated rings. The Morgan fingerprint density at radius 3 is 2.07 bits per heavy atom. The molecule has 0 saturated carbocycles. The van der Waals surface area contributed by atoms with E-state index in [1.807, 2.05) is 0 Å². The fraction of sp³-hybridized carbons (Fsp3) is 1.00. The molecule has 3 nitrogen and oxygen atoms in total. The molecule has 3 heteroatoms. The Kier molecular flexibility index (Phi) is 3.80. The summed E-state index contributed by atoms with van der Waals surface area (Å²) in [7, 11) is 0. The number of ether oxygens (including phenoxy) is 1. The molecule has 0 bridgehead atoms. The highest BCUT2D eigenvalue weighted by atomic mass is 16.5. The minimum Gasteiger partial charge on any atom is -0.367 e. The summed E-state index contributed by atoms with van der Waals surface area (Å²) in [5.41, 5.74) is 5.70. The summed E-state index contributed by atoms with van der Waals surface area (Å²) in [4.78, 5) is 2.47. The molecule has 15 heavy (non-hydrogen) atoms. The lowest BCUT2D eigenvalue weighted by molar-refractivity contribution is -0.180. The van der Waals surface area contributed by atoms with Crippen molar-refractivity contribution in [1.29, 1.82) is 0 Å². The second kappa shape index (κ2) is 4.40. The van der Waals surface area contributed by atoms with Crippen LogP contribution in [-0.4, -0.2) is 41.8 Å². The van der Waals surface area contributed by atoms with E-state index in [0.29, 0.717) is 6.04 Å². The molecule has 1 rings (SSSR count). The van der Waals surface area contributed by atoms with E-state index >= 15 is 0 Å². The summed E-state index contributed by atoms with van der Waals surface area (Å²) in [6.45, 7) is 13.8. The maximum absolute atomic E-state index is 6.03. The van der Waals surface area contributed by atoms with Crippen LogP contribution in [-0.2, 0) is 4.74 Å². The predicted octanol–water partition coefficient (Wildman–Crippen LogP) is 1.61. The normalized spacial score (nSPS) is 27.6. The Morgan fingerprint density at radius 1 is 1.20 bits per heavy atom. The second-order valence-corrected chi connectivity index (χ2v) is 6.10. The van der Waals surface area contributed by atoms with E-state index in [1.165, 1.54) is 0 Å². The van der Waals surface area contributed by atoms with Gasteiger partial charge < -0.3 is 10.5 Å². The van der Waals surface area contributed by atoms with E-state index in [4.69, 9.17) is 10.5 Å². The van der Waals surface area contributed by atoms with Gasteiger partial charge in [-0.3, -0.25) is 4.90 Å². The van der Waals surface area contributed by atoms with Crippen molar-refractivity contribution in [3.63, 3.8) is 0 Å². The Hall–Kier alpha value is -0.120. The number of rotatable bonds is 3. The highest BCUT2D eigenvalue weighted by Gasteiger charge is 2.37. The number of nitrogens with zero attached hydrogens (tertiary/aromatic N) is 1. The lowest BCUT2D eigenvalue weighted by Crippen LogP contribution is -2.57. The minimum atomic E-state index is -0.0421. The van der Waals surface area contributed by atoms with Crippen molar-refractivity contribution in [1.82, 2.24) is 4.90 Å². The first-order valence-electron chi connectivity index (χ1n) is 5.88. The Labute approximate surface area is 94.0 Å². The maximum atomic E-state index is 6.03. The van der Waals surface area contributed by atoms with Crippen LogP contribution >= 0.6 is 0 Å². The molecule has 1 atom stereocenters. The molecule has 1 unspecified atom stereocenters. The van der Waals surface area contributed by atoms with Gasteiger partial charge in [0.05, 0.1) is 11.2 Å². The molecular weight excluding hydrogens is 188 g/mol. The molecule has 1 heterocycles. The molecule has 0 aromatic rings.